The molecule has 102 valence electrons. The summed E-state index contributed by atoms with van der Waals surface area (Å²) >= 11 is 0. The van der Waals surface area contributed by atoms with Gasteiger partial charge >= 0.3 is 0 Å². The molecular weight excluding hydrogens is 246 g/mol. The first-order valence-electron chi connectivity index (χ1n) is 6.34. The third-order valence-electron chi connectivity index (χ3n) is 3.26. The zero-order chi connectivity index (χ0) is 13.8. The van der Waals surface area contributed by atoms with E-state index >= 15 is 0 Å². The van der Waals surface area contributed by atoms with E-state index in [9.17, 15) is 14.9 Å². The average Bonchev–Trinajstić information content (AvgIpc) is 2.56. The third-order valence-corrected chi connectivity index (χ3v) is 3.26. The monoisotopic (exact) mass is 263 g/mol. The van der Waals surface area contributed by atoms with Gasteiger partial charge in [-0.1, -0.05) is 0 Å². The van der Waals surface area contributed by atoms with Crippen LogP contribution in [0.1, 0.15) is 24.8 Å². The van der Waals surface area contributed by atoms with Crippen molar-refractivity contribution in [3.05, 3.63) is 33.9 Å². The van der Waals surface area contributed by atoms with E-state index in [1.54, 1.807) is 12.1 Å². The molecule has 2 N–H and O–H groups in total. The van der Waals surface area contributed by atoms with Crippen LogP contribution in [0.4, 0.5) is 11.4 Å². The summed E-state index contributed by atoms with van der Waals surface area (Å²) in [7, 11) is 0. The molecule has 1 aliphatic heterocycles. The summed E-state index contributed by atoms with van der Waals surface area (Å²) in [4.78, 5) is 21.7. The van der Waals surface area contributed by atoms with Crippen molar-refractivity contribution in [1.29, 1.82) is 0 Å². The van der Waals surface area contributed by atoms with E-state index in [4.69, 9.17) is 0 Å². The van der Waals surface area contributed by atoms with Crippen LogP contribution in [-0.2, 0) is 4.79 Å². The zero-order valence-electron chi connectivity index (χ0n) is 10.8. The predicted octanol–water partition coefficient (Wildman–Crippen LogP) is 1.98. The van der Waals surface area contributed by atoms with E-state index in [1.165, 1.54) is 6.07 Å². The van der Waals surface area contributed by atoms with Crippen molar-refractivity contribution in [2.24, 2.45) is 0 Å². The number of nitrogens with zero attached hydrogens (tertiary/aromatic N) is 1. The molecule has 0 aromatic heterocycles. The van der Waals surface area contributed by atoms with Crippen molar-refractivity contribution >= 4 is 17.3 Å². The topological polar surface area (TPSA) is 84.3 Å². The minimum Gasteiger partial charge on any atom is -0.382 e. The predicted molar refractivity (Wildman–Crippen MR) is 72.1 cm³/mol. The number of hydrogen-bond donors (Lipinski definition) is 2. The number of nitro benzene ring substituents is 1. The van der Waals surface area contributed by atoms with Gasteiger partial charge < -0.3 is 10.6 Å². The lowest BCUT2D eigenvalue weighted by Gasteiger charge is -2.18. The molecule has 0 saturated carbocycles. The highest BCUT2D eigenvalue weighted by Gasteiger charge is 2.18. The van der Waals surface area contributed by atoms with Gasteiger partial charge in [-0.05, 0) is 31.4 Å². The highest BCUT2D eigenvalue weighted by atomic mass is 16.6. The Kier molecular flexibility index (Phi) is 3.99. The summed E-state index contributed by atoms with van der Waals surface area (Å²) in [6, 6.07) is 4.81. The standard InChI is InChI=1S/C13H17N3O3/c1-9-7-11(16(18)19)4-5-12(9)15-10-3-2-6-14-13(17)8-10/h4-5,7,10,15H,2-3,6,8H2,1H3,(H,14,17). The van der Waals surface area contributed by atoms with Crippen LogP contribution in [0.25, 0.3) is 0 Å². The van der Waals surface area contributed by atoms with Gasteiger partial charge in [0.1, 0.15) is 0 Å². The molecule has 6 nitrogen and oxygen atoms in total. The number of nitrogens with one attached hydrogen (secondary N) is 2. The van der Waals surface area contributed by atoms with Crippen molar-refractivity contribution in [2.45, 2.75) is 32.2 Å². The molecule has 1 saturated heterocycles. The number of benzene rings is 1. The van der Waals surface area contributed by atoms with Gasteiger partial charge in [-0.15, -0.1) is 0 Å². The molecule has 19 heavy (non-hydrogen) atoms. The Balaban J connectivity index is 2.10. The number of rotatable bonds is 3. The molecule has 0 radical (unpaired) electrons. The number of nitro groups is 1. The van der Waals surface area contributed by atoms with Crippen LogP contribution < -0.4 is 10.6 Å². The largest absolute Gasteiger partial charge is 0.382 e. The quantitative estimate of drug-likeness (QED) is 0.645. The number of carbonyl (C=O) groups excluding carboxylic acids is 1. The van der Waals surface area contributed by atoms with Crippen LogP contribution in [-0.4, -0.2) is 23.4 Å². The van der Waals surface area contributed by atoms with Crippen LogP contribution in [0.2, 0.25) is 0 Å². The molecule has 6 heteroatoms. The van der Waals surface area contributed by atoms with Crippen LogP contribution in [0.5, 0.6) is 0 Å². The van der Waals surface area contributed by atoms with Gasteiger partial charge in [0.2, 0.25) is 5.91 Å². The maximum Gasteiger partial charge on any atom is 0.269 e. The third kappa shape index (κ3) is 3.43. The Morgan fingerprint density at radius 2 is 2.26 bits per heavy atom. The van der Waals surface area contributed by atoms with Crippen molar-refractivity contribution in [3.63, 3.8) is 0 Å². The van der Waals surface area contributed by atoms with E-state index < -0.39 is 4.92 Å². The minimum absolute atomic E-state index is 0.0505. The van der Waals surface area contributed by atoms with Gasteiger partial charge in [0.15, 0.2) is 0 Å². The Hall–Kier alpha value is -2.11. The molecule has 1 aliphatic rings. The second-order valence-electron chi connectivity index (χ2n) is 4.79. The van der Waals surface area contributed by atoms with Gasteiger partial charge in [-0.3, -0.25) is 14.9 Å². The van der Waals surface area contributed by atoms with Crippen LogP contribution >= 0.6 is 0 Å². The molecule has 1 amide bonds. The summed E-state index contributed by atoms with van der Waals surface area (Å²) in [5.41, 5.74) is 1.76. The fourth-order valence-electron chi connectivity index (χ4n) is 2.24. The second kappa shape index (κ2) is 5.69. The van der Waals surface area contributed by atoms with E-state index in [2.05, 4.69) is 10.6 Å². The van der Waals surface area contributed by atoms with Crippen molar-refractivity contribution in [1.82, 2.24) is 5.32 Å². The Morgan fingerprint density at radius 1 is 1.47 bits per heavy atom. The maximum absolute atomic E-state index is 11.5. The minimum atomic E-state index is -0.407. The fourth-order valence-corrected chi connectivity index (χ4v) is 2.24. The van der Waals surface area contributed by atoms with Gasteiger partial charge in [0.25, 0.3) is 5.69 Å². The molecule has 1 atom stereocenters. The van der Waals surface area contributed by atoms with E-state index in [0.29, 0.717) is 6.42 Å². The van der Waals surface area contributed by atoms with Gasteiger partial charge in [0.05, 0.1) is 4.92 Å². The molecular formula is C13H17N3O3. The SMILES string of the molecule is Cc1cc([N+](=O)[O-])ccc1NC1CCCNC(=O)C1. The fraction of sp³-hybridized carbons (Fsp3) is 0.462. The van der Waals surface area contributed by atoms with Gasteiger partial charge in [-0.25, -0.2) is 0 Å². The summed E-state index contributed by atoms with van der Waals surface area (Å²) in [5.74, 6) is 0.0505. The number of non-ortho nitro benzene ring substituents is 1. The zero-order valence-corrected chi connectivity index (χ0v) is 10.8. The van der Waals surface area contributed by atoms with E-state index in [0.717, 1.165) is 30.6 Å². The lowest BCUT2D eigenvalue weighted by atomic mass is 10.1. The van der Waals surface area contributed by atoms with Gasteiger partial charge in [-0.2, -0.15) is 0 Å². The molecule has 1 aromatic carbocycles. The summed E-state index contributed by atoms with van der Waals surface area (Å²) in [6.45, 7) is 2.54. The highest BCUT2D eigenvalue weighted by molar-refractivity contribution is 5.77. The lowest BCUT2D eigenvalue weighted by Crippen LogP contribution is -2.27. The molecule has 1 unspecified atom stereocenters. The van der Waals surface area contributed by atoms with Crippen LogP contribution in [0.3, 0.4) is 0 Å². The van der Waals surface area contributed by atoms with Gasteiger partial charge in [0, 0.05) is 36.8 Å². The molecule has 0 bridgehead atoms. The van der Waals surface area contributed by atoms with Crippen molar-refractivity contribution in [3.8, 4) is 0 Å². The van der Waals surface area contributed by atoms with Crippen molar-refractivity contribution in [2.75, 3.05) is 11.9 Å². The first kappa shape index (κ1) is 13.3. The molecule has 2 rings (SSSR count). The smallest absolute Gasteiger partial charge is 0.269 e. The van der Waals surface area contributed by atoms with Crippen LogP contribution in [0, 0.1) is 17.0 Å². The lowest BCUT2D eigenvalue weighted by molar-refractivity contribution is -0.384. The molecule has 1 aromatic rings. The van der Waals surface area contributed by atoms with Crippen LogP contribution in [0.15, 0.2) is 18.2 Å². The number of amides is 1. The summed E-state index contributed by atoms with van der Waals surface area (Å²) in [6.07, 6.45) is 2.29. The first-order chi connectivity index (χ1) is 9.06. The molecule has 0 aliphatic carbocycles. The average molecular weight is 263 g/mol. The normalized spacial score (nSPS) is 19.4. The molecule has 0 spiro atoms. The number of hydrogen-bond acceptors (Lipinski definition) is 4. The highest BCUT2D eigenvalue weighted by Crippen LogP contribution is 2.23. The summed E-state index contributed by atoms with van der Waals surface area (Å²) in [5, 5.41) is 16.8. The van der Waals surface area contributed by atoms with Crippen molar-refractivity contribution < 1.29 is 9.72 Å². The summed E-state index contributed by atoms with van der Waals surface area (Å²) < 4.78 is 0. The second-order valence-corrected chi connectivity index (χ2v) is 4.79. The number of anilines is 1. The Bertz CT molecular complexity index is 502. The number of aryl methyl sites for hydroxylation is 1. The maximum atomic E-state index is 11.5. The Labute approximate surface area is 111 Å². The van der Waals surface area contributed by atoms with E-state index in [1.807, 2.05) is 6.92 Å². The Morgan fingerprint density at radius 3 is 2.95 bits per heavy atom. The van der Waals surface area contributed by atoms with E-state index in [-0.39, 0.29) is 17.6 Å². The number of carbonyl (C=O) groups is 1. The molecule has 1 heterocycles. The first-order valence-corrected chi connectivity index (χ1v) is 6.34. The molecule has 1 fully saturated rings.